The molecule has 1 heterocycles. The van der Waals surface area contributed by atoms with Crippen molar-refractivity contribution in [1.82, 2.24) is 10.2 Å². The lowest BCUT2D eigenvalue weighted by Crippen LogP contribution is -2.42. The summed E-state index contributed by atoms with van der Waals surface area (Å²) in [5, 5.41) is 3.39. The van der Waals surface area contributed by atoms with Crippen LogP contribution in [-0.4, -0.2) is 31.1 Å². The molecule has 1 saturated heterocycles. The molecule has 3 rings (SSSR count). The molecule has 0 amide bonds. The van der Waals surface area contributed by atoms with E-state index in [1.807, 2.05) is 13.8 Å². The van der Waals surface area contributed by atoms with Crippen LogP contribution in [0.2, 0.25) is 0 Å². The number of hydrogen-bond donors (Lipinski definition) is 1. The molecule has 2 aromatic carbocycles. The van der Waals surface area contributed by atoms with Crippen molar-refractivity contribution in [2.45, 2.75) is 27.3 Å². The third-order valence-corrected chi connectivity index (χ3v) is 3.95. The van der Waals surface area contributed by atoms with Gasteiger partial charge in [-0.15, -0.1) is 0 Å². The molecule has 0 radical (unpaired) electrons. The van der Waals surface area contributed by atoms with Gasteiger partial charge in [0.15, 0.2) is 0 Å². The number of rotatable bonds is 3. The van der Waals surface area contributed by atoms with Crippen LogP contribution in [0.4, 0.5) is 0 Å². The van der Waals surface area contributed by atoms with E-state index in [4.69, 9.17) is 0 Å². The van der Waals surface area contributed by atoms with Crippen molar-refractivity contribution in [2.75, 3.05) is 26.2 Å². The predicted molar refractivity (Wildman–Crippen MR) is 96.1 cm³/mol. The van der Waals surface area contributed by atoms with E-state index in [2.05, 4.69) is 65.7 Å². The van der Waals surface area contributed by atoms with Crippen LogP contribution in [0.1, 0.15) is 25.0 Å². The van der Waals surface area contributed by atoms with E-state index in [1.165, 1.54) is 22.3 Å². The van der Waals surface area contributed by atoms with Gasteiger partial charge in [-0.3, -0.25) is 4.90 Å². The summed E-state index contributed by atoms with van der Waals surface area (Å²) in [6.07, 6.45) is 0. The van der Waals surface area contributed by atoms with Crippen LogP contribution in [0.3, 0.4) is 0 Å². The van der Waals surface area contributed by atoms with Crippen LogP contribution in [0.15, 0.2) is 48.5 Å². The average molecular weight is 296 g/mol. The van der Waals surface area contributed by atoms with Gasteiger partial charge in [-0.05, 0) is 23.6 Å². The first-order valence-corrected chi connectivity index (χ1v) is 8.40. The van der Waals surface area contributed by atoms with Gasteiger partial charge in [0.1, 0.15) is 0 Å². The summed E-state index contributed by atoms with van der Waals surface area (Å²) >= 11 is 0. The van der Waals surface area contributed by atoms with Crippen molar-refractivity contribution in [3.63, 3.8) is 0 Å². The Morgan fingerprint density at radius 1 is 0.818 bits per heavy atom. The van der Waals surface area contributed by atoms with Gasteiger partial charge in [-0.1, -0.05) is 67.9 Å². The molecule has 0 bridgehead atoms. The monoisotopic (exact) mass is 296 g/mol. The first-order valence-electron chi connectivity index (χ1n) is 8.40. The van der Waals surface area contributed by atoms with Gasteiger partial charge in [0.05, 0.1) is 0 Å². The molecule has 0 spiro atoms. The Balaban J connectivity index is 0.000000847. The lowest BCUT2D eigenvalue weighted by Gasteiger charge is -2.27. The highest BCUT2D eigenvalue weighted by Crippen LogP contribution is 2.20. The van der Waals surface area contributed by atoms with Crippen LogP contribution in [0, 0.1) is 6.92 Å². The number of nitrogens with zero attached hydrogens (tertiary/aromatic N) is 1. The first kappa shape index (κ1) is 16.7. The Hall–Kier alpha value is -1.64. The van der Waals surface area contributed by atoms with Crippen LogP contribution < -0.4 is 5.32 Å². The summed E-state index contributed by atoms with van der Waals surface area (Å²) in [7, 11) is 0. The highest BCUT2D eigenvalue weighted by molar-refractivity contribution is 5.63. The van der Waals surface area contributed by atoms with E-state index in [0.717, 1.165) is 32.7 Å². The molecule has 2 nitrogen and oxygen atoms in total. The van der Waals surface area contributed by atoms with Crippen LogP contribution in [-0.2, 0) is 6.54 Å². The van der Waals surface area contributed by atoms with E-state index in [1.54, 1.807) is 0 Å². The lowest BCUT2D eigenvalue weighted by atomic mass is 10.0. The van der Waals surface area contributed by atoms with Gasteiger partial charge < -0.3 is 5.32 Å². The number of nitrogens with one attached hydrogen (secondary N) is 1. The molecule has 0 unspecified atom stereocenters. The lowest BCUT2D eigenvalue weighted by molar-refractivity contribution is 0.233. The second kappa shape index (κ2) is 8.72. The van der Waals surface area contributed by atoms with Crippen molar-refractivity contribution >= 4 is 0 Å². The molecule has 118 valence electrons. The molecule has 0 aromatic heterocycles. The maximum atomic E-state index is 3.39. The maximum absolute atomic E-state index is 3.39. The second-order valence-corrected chi connectivity index (χ2v) is 5.59. The highest BCUT2D eigenvalue weighted by atomic mass is 15.2. The summed E-state index contributed by atoms with van der Waals surface area (Å²) in [6, 6.07) is 17.7. The Morgan fingerprint density at radius 3 is 1.86 bits per heavy atom. The Morgan fingerprint density at radius 2 is 1.32 bits per heavy atom. The van der Waals surface area contributed by atoms with Gasteiger partial charge >= 0.3 is 0 Å². The Bertz CT molecular complexity index is 537. The molecule has 22 heavy (non-hydrogen) atoms. The quantitative estimate of drug-likeness (QED) is 0.917. The fraction of sp³-hybridized carbons (Fsp3) is 0.400. The number of hydrogen-bond acceptors (Lipinski definition) is 2. The minimum atomic E-state index is 1.07. The molecule has 1 fully saturated rings. The molecule has 0 aliphatic carbocycles. The van der Waals surface area contributed by atoms with Gasteiger partial charge in [0.2, 0.25) is 0 Å². The number of benzene rings is 2. The summed E-state index contributed by atoms with van der Waals surface area (Å²) < 4.78 is 0. The van der Waals surface area contributed by atoms with Gasteiger partial charge in [-0.25, -0.2) is 0 Å². The van der Waals surface area contributed by atoms with Crippen molar-refractivity contribution in [1.29, 1.82) is 0 Å². The van der Waals surface area contributed by atoms with E-state index in [-0.39, 0.29) is 0 Å². The first-order chi connectivity index (χ1) is 10.8. The van der Waals surface area contributed by atoms with Gasteiger partial charge in [0.25, 0.3) is 0 Å². The molecule has 1 aliphatic heterocycles. The fourth-order valence-electron chi connectivity index (χ4n) is 2.68. The van der Waals surface area contributed by atoms with E-state index >= 15 is 0 Å². The van der Waals surface area contributed by atoms with E-state index in [0.29, 0.717) is 0 Å². The topological polar surface area (TPSA) is 15.3 Å². The highest BCUT2D eigenvalue weighted by Gasteiger charge is 2.09. The van der Waals surface area contributed by atoms with Gasteiger partial charge in [-0.2, -0.15) is 0 Å². The minimum Gasteiger partial charge on any atom is -0.314 e. The van der Waals surface area contributed by atoms with Crippen molar-refractivity contribution < 1.29 is 0 Å². The van der Waals surface area contributed by atoms with Crippen molar-refractivity contribution in [3.05, 3.63) is 59.7 Å². The van der Waals surface area contributed by atoms with Crippen LogP contribution >= 0.6 is 0 Å². The third kappa shape index (κ3) is 4.69. The van der Waals surface area contributed by atoms with Crippen molar-refractivity contribution in [2.24, 2.45) is 0 Å². The molecule has 0 saturated carbocycles. The normalized spacial score (nSPS) is 15.0. The zero-order valence-corrected chi connectivity index (χ0v) is 14.1. The summed E-state index contributed by atoms with van der Waals surface area (Å²) in [5.41, 5.74) is 5.31. The zero-order valence-electron chi connectivity index (χ0n) is 14.1. The summed E-state index contributed by atoms with van der Waals surface area (Å²) in [4.78, 5) is 2.51. The second-order valence-electron chi connectivity index (χ2n) is 5.59. The summed E-state index contributed by atoms with van der Waals surface area (Å²) in [5.74, 6) is 0. The SMILES string of the molecule is CC.Cc1ccc(-c2ccc(CN3CCNCC3)cc2)cc1. The number of piperazine rings is 1. The third-order valence-electron chi connectivity index (χ3n) is 3.95. The van der Waals surface area contributed by atoms with E-state index in [9.17, 15) is 0 Å². The van der Waals surface area contributed by atoms with Crippen molar-refractivity contribution in [3.8, 4) is 11.1 Å². The predicted octanol–water partition coefficient (Wildman–Crippen LogP) is 4.09. The molecule has 1 N–H and O–H groups in total. The zero-order chi connectivity index (χ0) is 15.8. The van der Waals surface area contributed by atoms with Crippen LogP contribution in [0.5, 0.6) is 0 Å². The largest absolute Gasteiger partial charge is 0.314 e. The average Bonchev–Trinajstić information content (AvgIpc) is 2.59. The molecule has 0 atom stereocenters. The minimum absolute atomic E-state index is 1.07. The standard InChI is InChI=1S/C18H22N2.C2H6/c1-15-2-6-17(7-3-15)18-8-4-16(5-9-18)14-20-12-10-19-11-13-20;1-2/h2-9,19H,10-14H2,1H3;1-2H3. The Labute approximate surface area is 135 Å². The molecule has 1 aliphatic rings. The Kier molecular flexibility index (Phi) is 6.63. The summed E-state index contributed by atoms with van der Waals surface area (Å²) in [6.45, 7) is 11.7. The van der Waals surface area contributed by atoms with Crippen LogP contribution in [0.25, 0.3) is 11.1 Å². The number of aryl methyl sites for hydroxylation is 1. The van der Waals surface area contributed by atoms with E-state index < -0.39 is 0 Å². The maximum Gasteiger partial charge on any atom is 0.0234 e. The fourth-order valence-corrected chi connectivity index (χ4v) is 2.68. The van der Waals surface area contributed by atoms with Gasteiger partial charge in [0, 0.05) is 32.7 Å². The molecular formula is C20H28N2. The molecule has 2 aromatic rings. The molecule has 2 heteroatoms. The smallest absolute Gasteiger partial charge is 0.0234 e. The molecular weight excluding hydrogens is 268 g/mol.